The summed E-state index contributed by atoms with van der Waals surface area (Å²) in [6, 6.07) is 15.5. The summed E-state index contributed by atoms with van der Waals surface area (Å²) in [6.07, 6.45) is 1.08. The average Bonchev–Trinajstić information content (AvgIpc) is 2.63. The minimum Gasteiger partial charge on any atom is -0.457 e. The molecule has 25 heavy (non-hydrogen) atoms. The number of amides is 1. The molecule has 1 aliphatic heterocycles. The molecule has 3 rings (SSSR count). The first-order valence-corrected chi connectivity index (χ1v) is 8.55. The zero-order chi connectivity index (χ0) is 17.7. The summed E-state index contributed by atoms with van der Waals surface area (Å²) in [7, 11) is 0. The molecule has 1 saturated heterocycles. The summed E-state index contributed by atoms with van der Waals surface area (Å²) < 4.78 is 11.3. The third-order valence-electron chi connectivity index (χ3n) is 4.56. The molecule has 1 fully saturated rings. The fourth-order valence-electron chi connectivity index (χ4n) is 2.85. The van der Waals surface area contributed by atoms with Gasteiger partial charge >= 0.3 is 0 Å². The Balaban J connectivity index is 1.69. The van der Waals surface area contributed by atoms with Gasteiger partial charge in [0.2, 0.25) is 5.91 Å². The lowest BCUT2D eigenvalue weighted by Gasteiger charge is -2.31. The van der Waals surface area contributed by atoms with E-state index in [1.807, 2.05) is 55.5 Å². The fraction of sp³-hybridized carbons (Fsp3) is 0.350. The van der Waals surface area contributed by atoms with Crippen molar-refractivity contribution in [3.8, 4) is 11.5 Å². The van der Waals surface area contributed by atoms with Crippen LogP contribution in [0.15, 0.2) is 48.5 Å². The van der Waals surface area contributed by atoms with Crippen LogP contribution in [0.3, 0.4) is 0 Å². The Hall–Kier alpha value is -2.37. The molecule has 132 valence electrons. The molecule has 0 aliphatic carbocycles. The quantitative estimate of drug-likeness (QED) is 0.878. The second kappa shape index (κ2) is 7.68. The van der Waals surface area contributed by atoms with E-state index < -0.39 is 5.54 Å². The van der Waals surface area contributed by atoms with Crippen LogP contribution in [0, 0.1) is 6.92 Å². The molecule has 5 nitrogen and oxygen atoms in total. The highest BCUT2D eigenvalue weighted by Gasteiger charge is 2.35. The van der Waals surface area contributed by atoms with Gasteiger partial charge in [-0.25, -0.2) is 0 Å². The molecule has 0 atom stereocenters. The van der Waals surface area contributed by atoms with Gasteiger partial charge in [0.25, 0.3) is 0 Å². The third kappa shape index (κ3) is 4.18. The van der Waals surface area contributed by atoms with Gasteiger partial charge in [-0.05, 0) is 37.5 Å². The Labute approximate surface area is 148 Å². The maximum Gasteiger partial charge on any atom is 0.240 e. The highest BCUT2D eigenvalue weighted by molar-refractivity contribution is 5.86. The molecule has 0 aromatic heterocycles. The number of hydrogen-bond acceptors (Lipinski definition) is 4. The maximum absolute atomic E-state index is 12.5. The first-order chi connectivity index (χ1) is 12.1. The number of nitrogens with one attached hydrogen (secondary N) is 1. The number of aryl methyl sites for hydroxylation is 1. The largest absolute Gasteiger partial charge is 0.457 e. The van der Waals surface area contributed by atoms with Crippen molar-refractivity contribution in [2.75, 3.05) is 13.2 Å². The van der Waals surface area contributed by atoms with E-state index in [1.54, 1.807) is 0 Å². The SMILES string of the molecule is Cc1ccccc1Oc1ccccc1CNC(=O)C1(N)CCOCC1. The highest BCUT2D eigenvalue weighted by atomic mass is 16.5. The summed E-state index contributed by atoms with van der Waals surface area (Å²) in [5, 5.41) is 2.95. The Morgan fingerprint density at radius 1 is 1.12 bits per heavy atom. The van der Waals surface area contributed by atoms with Crippen LogP contribution in [0.5, 0.6) is 11.5 Å². The Kier molecular flexibility index (Phi) is 5.36. The zero-order valence-corrected chi connectivity index (χ0v) is 14.5. The summed E-state index contributed by atoms with van der Waals surface area (Å²) in [4.78, 5) is 12.5. The van der Waals surface area contributed by atoms with Crippen molar-refractivity contribution >= 4 is 5.91 Å². The van der Waals surface area contributed by atoms with E-state index in [1.165, 1.54) is 0 Å². The van der Waals surface area contributed by atoms with Gasteiger partial charge in [-0.2, -0.15) is 0 Å². The van der Waals surface area contributed by atoms with Crippen LogP contribution < -0.4 is 15.8 Å². The summed E-state index contributed by atoms with van der Waals surface area (Å²) >= 11 is 0. The zero-order valence-electron chi connectivity index (χ0n) is 14.5. The molecule has 0 spiro atoms. The van der Waals surface area contributed by atoms with Crippen LogP contribution in [0.1, 0.15) is 24.0 Å². The molecule has 1 heterocycles. The van der Waals surface area contributed by atoms with E-state index in [-0.39, 0.29) is 5.91 Å². The monoisotopic (exact) mass is 340 g/mol. The second-order valence-electron chi connectivity index (χ2n) is 6.43. The average molecular weight is 340 g/mol. The van der Waals surface area contributed by atoms with Gasteiger partial charge < -0.3 is 20.5 Å². The van der Waals surface area contributed by atoms with Crippen molar-refractivity contribution in [2.45, 2.75) is 31.8 Å². The summed E-state index contributed by atoms with van der Waals surface area (Å²) in [6.45, 7) is 3.43. The number of ether oxygens (including phenoxy) is 2. The van der Waals surface area contributed by atoms with Crippen molar-refractivity contribution in [1.29, 1.82) is 0 Å². The van der Waals surface area contributed by atoms with E-state index in [0.717, 1.165) is 22.6 Å². The molecular weight excluding hydrogens is 316 g/mol. The Morgan fingerprint density at radius 3 is 2.48 bits per heavy atom. The van der Waals surface area contributed by atoms with E-state index >= 15 is 0 Å². The molecule has 0 radical (unpaired) electrons. The second-order valence-corrected chi connectivity index (χ2v) is 6.43. The molecule has 3 N–H and O–H groups in total. The van der Waals surface area contributed by atoms with Crippen molar-refractivity contribution in [3.63, 3.8) is 0 Å². The molecule has 0 bridgehead atoms. The van der Waals surface area contributed by atoms with E-state index in [2.05, 4.69) is 5.32 Å². The smallest absolute Gasteiger partial charge is 0.240 e. The summed E-state index contributed by atoms with van der Waals surface area (Å²) in [5.41, 5.74) is 7.35. The van der Waals surface area contributed by atoms with Gasteiger partial charge in [-0.1, -0.05) is 36.4 Å². The van der Waals surface area contributed by atoms with Gasteiger partial charge in [0, 0.05) is 25.3 Å². The number of rotatable bonds is 5. The predicted molar refractivity (Wildman–Crippen MR) is 96.5 cm³/mol. The maximum atomic E-state index is 12.5. The van der Waals surface area contributed by atoms with E-state index in [9.17, 15) is 4.79 Å². The van der Waals surface area contributed by atoms with Crippen molar-refractivity contribution in [2.24, 2.45) is 5.73 Å². The molecule has 0 unspecified atom stereocenters. The standard InChI is InChI=1S/C20H24N2O3/c1-15-6-2-4-8-17(15)25-18-9-5-3-7-16(18)14-22-19(23)20(21)10-12-24-13-11-20/h2-9H,10-14,21H2,1H3,(H,22,23). The van der Waals surface area contributed by atoms with Gasteiger partial charge in [-0.3, -0.25) is 4.79 Å². The van der Waals surface area contributed by atoms with Crippen LogP contribution in [-0.4, -0.2) is 24.7 Å². The van der Waals surface area contributed by atoms with Crippen LogP contribution >= 0.6 is 0 Å². The Morgan fingerprint density at radius 2 is 1.76 bits per heavy atom. The van der Waals surface area contributed by atoms with Crippen molar-refractivity contribution < 1.29 is 14.3 Å². The summed E-state index contributed by atoms with van der Waals surface area (Å²) in [5.74, 6) is 1.40. The van der Waals surface area contributed by atoms with Gasteiger partial charge in [-0.15, -0.1) is 0 Å². The number of benzene rings is 2. The molecule has 1 aliphatic rings. The van der Waals surface area contributed by atoms with Crippen LogP contribution in [0.25, 0.3) is 0 Å². The van der Waals surface area contributed by atoms with Gasteiger partial charge in [0.1, 0.15) is 11.5 Å². The molecule has 5 heteroatoms. The van der Waals surface area contributed by atoms with E-state index in [4.69, 9.17) is 15.2 Å². The first-order valence-electron chi connectivity index (χ1n) is 8.55. The van der Waals surface area contributed by atoms with Crippen molar-refractivity contribution in [3.05, 3.63) is 59.7 Å². The number of carbonyl (C=O) groups is 1. The number of para-hydroxylation sites is 2. The third-order valence-corrected chi connectivity index (χ3v) is 4.56. The molecule has 0 saturated carbocycles. The first kappa shape index (κ1) is 17.5. The Bertz CT molecular complexity index is 739. The lowest BCUT2D eigenvalue weighted by Crippen LogP contribution is -2.56. The van der Waals surface area contributed by atoms with Crippen molar-refractivity contribution in [1.82, 2.24) is 5.32 Å². The van der Waals surface area contributed by atoms with Gasteiger partial charge in [0.15, 0.2) is 0 Å². The molecule has 2 aromatic carbocycles. The lowest BCUT2D eigenvalue weighted by atomic mass is 9.90. The predicted octanol–water partition coefficient (Wildman–Crippen LogP) is 2.91. The number of nitrogens with two attached hydrogens (primary N) is 1. The lowest BCUT2D eigenvalue weighted by molar-refractivity contribution is -0.129. The topological polar surface area (TPSA) is 73.6 Å². The number of hydrogen-bond donors (Lipinski definition) is 2. The van der Waals surface area contributed by atoms with Crippen LogP contribution in [0.4, 0.5) is 0 Å². The molecule has 2 aromatic rings. The minimum absolute atomic E-state index is 0.138. The molecule has 1 amide bonds. The van der Waals surface area contributed by atoms with Crippen LogP contribution in [0.2, 0.25) is 0 Å². The number of carbonyl (C=O) groups excluding carboxylic acids is 1. The normalized spacial score (nSPS) is 16.2. The van der Waals surface area contributed by atoms with Crippen LogP contribution in [-0.2, 0) is 16.1 Å². The van der Waals surface area contributed by atoms with E-state index in [0.29, 0.717) is 32.6 Å². The molecular formula is C20H24N2O3. The fourth-order valence-corrected chi connectivity index (χ4v) is 2.85. The minimum atomic E-state index is -0.843. The van der Waals surface area contributed by atoms with Gasteiger partial charge in [0.05, 0.1) is 5.54 Å². The highest BCUT2D eigenvalue weighted by Crippen LogP contribution is 2.28.